The number of carbonyl (C=O) groups is 1. The van der Waals surface area contributed by atoms with Crippen LogP contribution in [-0.2, 0) is 21.4 Å². The summed E-state index contributed by atoms with van der Waals surface area (Å²) in [7, 11) is 1.69. The summed E-state index contributed by atoms with van der Waals surface area (Å²) < 4.78 is 10.5. The molecule has 0 heterocycles. The normalized spacial score (nSPS) is 17.0. The second-order valence-corrected chi connectivity index (χ2v) is 6.28. The van der Waals surface area contributed by atoms with E-state index < -0.39 is 0 Å². The topological polar surface area (TPSA) is 55.8 Å². The Labute approximate surface area is 132 Å². The minimum absolute atomic E-state index is 0.0551. The van der Waals surface area contributed by atoms with Crippen LogP contribution in [0.25, 0.3) is 0 Å². The molecule has 1 aliphatic rings. The zero-order valence-electron chi connectivity index (χ0n) is 13.6. The number of rotatable bonds is 6. The number of hydrogen-bond donors (Lipinski definition) is 1. The van der Waals surface area contributed by atoms with Crippen LogP contribution >= 0.6 is 0 Å². The predicted molar refractivity (Wildman–Crippen MR) is 85.2 cm³/mol. The van der Waals surface area contributed by atoms with Gasteiger partial charge in [0.1, 0.15) is 12.4 Å². The van der Waals surface area contributed by atoms with Crippen LogP contribution in [0.1, 0.15) is 50.2 Å². The van der Waals surface area contributed by atoms with Crippen LogP contribution in [0.15, 0.2) is 18.2 Å². The Kier molecular flexibility index (Phi) is 5.83. The van der Waals surface area contributed by atoms with Gasteiger partial charge in [-0.05, 0) is 29.9 Å². The average molecular weight is 306 g/mol. The molecule has 1 saturated carbocycles. The van der Waals surface area contributed by atoms with E-state index in [4.69, 9.17) is 14.6 Å². The van der Waals surface area contributed by atoms with Crippen molar-refractivity contribution in [2.24, 2.45) is 0 Å². The van der Waals surface area contributed by atoms with Crippen LogP contribution in [0.5, 0.6) is 5.75 Å². The number of esters is 1. The standard InChI is InChI=1S/C18H26O4/c1-18(8-4-3-5-9-18)15-12-14(6-7-16(15)21-2)13-17(20)22-11-10-19/h6-7,12,19H,3-5,8-11,13H2,1-2H3. The summed E-state index contributed by atoms with van der Waals surface area (Å²) in [5.74, 6) is 0.593. The summed E-state index contributed by atoms with van der Waals surface area (Å²) in [6.45, 7) is 2.20. The highest BCUT2D eigenvalue weighted by Gasteiger charge is 2.31. The largest absolute Gasteiger partial charge is 0.496 e. The van der Waals surface area contributed by atoms with Crippen molar-refractivity contribution in [3.8, 4) is 5.75 Å². The van der Waals surface area contributed by atoms with Crippen molar-refractivity contribution >= 4 is 5.97 Å². The van der Waals surface area contributed by atoms with Gasteiger partial charge in [0, 0.05) is 5.56 Å². The SMILES string of the molecule is COc1ccc(CC(=O)OCCO)cc1C1(C)CCCCC1. The summed E-state index contributed by atoms with van der Waals surface area (Å²) in [5, 5.41) is 8.70. The first-order valence-corrected chi connectivity index (χ1v) is 8.03. The molecule has 1 N–H and O–H groups in total. The highest BCUT2D eigenvalue weighted by Crippen LogP contribution is 2.43. The van der Waals surface area contributed by atoms with E-state index in [1.54, 1.807) is 7.11 Å². The van der Waals surface area contributed by atoms with Crippen molar-refractivity contribution in [1.82, 2.24) is 0 Å². The first kappa shape index (κ1) is 16.8. The number of aliphatic hydroxyl groups excluding tert-OH is 1. The third-order valence-electron chi connectivity index (χ3n) is 4.57. The molecule has 0 aliphatic heterocycles. The Morgan fingerprint density at radius 3 is 2.64 bits per heavy atom. The van der Waals surface area contributed by atoms with Gasteiger partial charge in [-0.15, -0.1) is 0 Å². The van der Waals surface area contributed by atoms with Crippen molar-refractivity contribution in [2.75, 3.05) is 20.3 Å². The first-order valence-electron chi connectivity index (χ1n) is 8.03. The second kappa shape index (κ2) is 7.63. The molecule has 1 aromatic carbocycles. The van der Waals surface area contributed by atoms with Crippen molar-refractivity contribution in [3.05, 3.63) is 29.3 Å². The summed E-state index contributed by atoms with van der Waals surface area (Å²) >= 11 is 0. The van der Waals surface area contributed by atoms with Crippen LogP contribution < -0.4 is 4.74 Å². The van der Waals surface area contributed by atoms with Gasteiger partial charge in [0.2, 0.25) is 0 Å². The van der Waals surface area contributed by atoms with Crippen molar-refractivity contribution in [3.63, 3.8) is 0 Å². The molecule has 22 heavy (non-hydrogen) atoms. The van der Waals surface area contributed by atoms with Gasteiger partial charge >= 0.3 is 5.97 Å². The molecule has 0 saturated heterocycles. The van der Waals surface area contributed by atoms with Gasteiger partial charge in [-0.2, -0.15) is 0 Å². The lowest BCUT2D eigenvalue weighted by Crippen LogP contribution is -2.26. The lowest BCUT2D eigenvalue weighted by atomic mass is 9.70. The van der Waals surface area contributed by atoms with E-state index in [2.05, 4.69) is 13.0 Å². The predicted octanol–water partition coefficient (Wildman–Crippen LogP) is 3.00. The molecular weight excluding hydrogens is 280 g/mol. The van der Waals surface area contributed by atoms with Crippen molar-refractivity contribution < 1.29 is 19.4 Å². The molecule has 1 aliphatic carbocycles. The fourth-order valence-electron chi connectivity index (χ4n) is 3.32. The van der Waals surface area contributed by atoms with Gasteiger partial charge < -0.3 is 14.6 Å². The summed E-state index contributed by atoms with van der Waals surface area (Å²) in [6.07, 6.45) is 6.31. The van der Waals surface area contributed by atoms with Gasteiger partial charge in [0.05, 0.1) is 20.1 Å². The Morgan fingerprint density at radius 1 is 1.27 bits per heavy atom. The molecule has 0 bridgehead atoms. The molecule has 0 radical (unpaired) electrons. The summed E-state index contributed by atoms with van der Waals surface area (Å²) in [6, 6.07) is 5.95. The zero-order chi connectivity index (χ0) is 16.0. The highest BCUT2D eigenvalue weighted by atomic mass is 16.5. The fraction of sp³-hybridized carbons (Fsp3) is 0.611. The van der Waals surface area contributed by atoms with Gasteiger partial charge in [0.15, 0.2) is 0 Å². The fourth-order valence-corrected chi connectivity index (χ4v) is 3.32. The lowest BCUT2D eigenvalue weighted by Gasteiger charge is -2.35. The van der Waals surface area contributed by atoms with Crippen molar-refractivity contribution in [1.29, 1.82) is 0 Å². The molecule has 2 rings (SSSR count). The molecule has 1 fully saturated rings. The van der Waals surface area contributed by atoms with E-state index in [0.29, 0.717) is 0 Å². The molecule has 4 nitrogen and oxygen atoms in total. The van der Waals surface area contributed by atoms with E-state index >= 15 is 0 Å². The van der Waals surface area contributed by atoms with Gasteiger partial charge in [0.25, 0.3) is 0 Å². The molecule has 122 valence electrons. The number of benzene rings is 1. The van der Waals surface area contributed by atoms with E-state index in [-0.39, 0.29) is 31.0 Å². The van der Waals surface area contributed by atoms with Crippen LogP contribution in [-0.4, -0.2) is 31.4 Å². The minimum Gasteiger partial charge on any atom is -0.496 e. The smallest absolute Gasteiger partial charge is 0.310 e. The molecule has 0 aromatic heterocycles. The highest BCUT2D eigenvalue weighted by molar-refractivity contribution is 5.72. The van der Waals surface area contributed by atoms with E-state index in [0.717, 1.165) is 24.2 Å². The molecule has 0 spiro atoms. The van der Waals surface area contributed by atoms with Crippen LogP contribution in [0.4, 0.5) is 0 Å². The van der Waals surface area contributed by atoms with E-state index in [1.165, 1.54) is 24.8 Å². The third kappa shape index (κ3) is 4.01. The lowest BCUT2D eigenvalue weighted by molar-refractivity contribution is -0.143. The average Bonchev–Trinajstić information content (AvgIpc) is 2.53. The first-order chi connectivity index (χ1) is 10.6. The van der Waals surface area contributed by atoms with Gasteiger partial charge in [-0.3, -0.25) is 4.79 Å². The summed E-state index contributed by atoms with van der Waals surface area (Å²) in [5.41, 5.74) is 2.25. The molecule has 4 heteroatoms. The van der Waals surface area contributed by atoms with Crippen LogP contribution in [0.2, 0.25) is 0 Å². The Bertz CT molecular complexity index is 504. The number of carbonyl (C=O) groups excluding carboxylic acids is 1. The number of aliphatic hydroxyl groups is 1. The zero-order valence-corrected chi connectivity index (χ0v) is 13.6. The minimum atomic E-state index is -0.307. The Hall–Kier alpha value is -1.55. The number of ether oxygens (including phenoxy) is 2. The van der Waals surface area contributed by atoms with Crippen molar-refractivity contribution in [2.45, 2.75) is 50.9 Å². The van der Waals surface area contributed by atoms with Crippen LogP contribution in [0.3, 0.4) is 0 Å². The Balaban J connectivity index is 2.20. The quantitative estimate of drug-likeness (QED) is 0.821. The Morgan fingerprint density at radius 2 is 2.00 bits per heavy atom. The molecule has 1 aromatic rings. The number of methoxy groups -OCH3 is 1. The monoisotopic (exact) mass is 306 g/mol. The molecular formula is C18H26O4. The third-order valence-corrected chi connectivity index (χ3v) is 4.57. The van der Waals surface area contributed by atoms with E-state index in [9.17, 15) is 4.79 Å². The molecule has 0 amide bonds. The maximum atomic E-state index is 11.7. The van der Waals surface area contributed by atoms with Gasteiger partial charge in [-0.1, -0.05) is 38.3 Å². The summed E-state index contributed by atoms with van der Waals surface area (Å²) in [4.78, 5) is 11.7. The second-order valence-electron chi connectivity index (χ2n) is 6.28. The number of hydrogen-bond acceptors (Lipinski definition) is 4. The maximum absolute atomic E-state index is 11.7. The van der Waals surface area contributed by atoms with Gasteiger partial charge in [-0.25, -0.2) is 0 Å². The van der Waals surface area contributed by atoms with Crippen LogP contribution in [0, 0.1) is 0 Å². The maximum Gasteiger partial charge on any atom is 0.310 e. The molecule has 0 atom stereocenters. The van der Waals surface area contributed by atoms with E-state index in [1.807, 2.05) is 12.1 Å². The molecule has 0 unspecified atom stereocenters.